The van der Waals surface area contributed by atoms with E-state index >= 15 is 0 Å². The molecule has 4 aliphatic carbocycles. The van der Waals surface area contributed by atoms with Crippen molar-refractivity contribution in [3.8, 4) is 0 Å². The van der Waals surface area contributed by atoms with Crippen molar-refractivity contribution in [2.75, 3.05) is 6.16 Å². The molecule has 0 bridgehead atoms. The fourth-order valence-corrected chi connectivity index (χ4v) is 9.68. The molecule has 0 aromatic carbocycles. The predicted molar refractivity (Wildman–Crippen MR) is 140 cm³/mol. The van der Waals surface area contributed by atoms with Gasteiger partial charge in [0.15, 0.2) is 0 Å². The zero-order valence-electron chi connectivity index (χ0n) is 25.3. The molecule has 0 aliphatic heterocycles. The average Bonchev–Trinajstić information content (AvgIpc) is 3.14. The SMILES string of the molecule is CC(C)CCC[C@@H](C)[C@H]1CC[C@H]2[C@@H]3CC=C4C[C@@H](OC(=O)CCP(=O)([O-])[O-])CC[C@]4(C)[C@H]3CC[C@]12C.[K+].[K+]. The molecular formula is C30H49K2O5P. The van der Waals surface area contributed by atoms with Crippen molar-refractivity contribution in [1.82, 2.24) is 0 Å². The summed E-state index contributed by atoms with van der Waals surface area (Å²) < 4.78 is 16.5. The van der Waals surface area contributed by atoms with Crippen LogP contribution < -0.4 is 113 Å². The minimum atomic E-state index is -4.67. The van der Waals surface area contributed by atoms with Crippen LogP contribution in [-0.2, 0) is 14.1 Å². The summed E-state index contributed by atoms with van der Waals surface area (Å²) in [6.07, 6.45) is 14.6. The Morgan fingerprint density at radius 2 is 1.76 bits per heavy atom. The van der Waals surface area contributed by atoms with E-state index < -0.39 is 19.7 Å². The number of ether oxygens (including phenoxy) is 1. The first kappa shape index (κ1) is 36.8. The Balaban J connectivity index is 0.00000253. The number of carbonyl (C=O) groups is 1. The minimum Gasteiger partial charge on any atom is -0.811 e. The number of fused-ring (bicyclic) bond motifs is 5. The van der Waals surface area contributed by atoms with Gasteiger partial charge in [-0.2, -0.15) is 0 Å². The fourth-order valence-electron chi connectivity index (χ4n) is 9.23. The van der Waals surface area contributed by atoms with Gasteiger partial charge in [0.2, 0.25) is 0 Å². The van der Waals surface area contributed by atoms with Gasteiger partial charge in [-0.25, -0.2) is 0 Å². The second-order valence-corrected chi connectivity index (χ2v) is 15.4. The summed E-state index contributed by atoms with van der Waals surface area (Å²) in [4.78, 5) is 33.9. The van der Waals surface area contributed by atoms with Crippen LogP contribution >= 0.6 is 7.60 Å². The van der Waals surface area contributed by atoms with Crippen LogP contribution in [0.3, 0.4) is 0 Å². The third-order valence-electron chi connectivity index (χ3n) is 11.1. The maximum Gasteiger partial charge on any atom is 1.00 e. The van der Waals surface area contributed by atoms with Gasteiger partial charge in [-0.15, -0.1) is 0 Å². The molecule has 0 unspecified atom stereocenters. The summed E-state index contributed by atoms with van der Waals surface area (Å²) in [5.74, 6) is 4.25. The fraction of sp³-hybridized carbons (Fsp3) is 0.900. The monoisotopic (exact) mass is 598 g/mol. The maximum absolute atomic E-state index is 12.1. The van der Waals surface area contributed by atoms with Crippen molar-refractivity contribution in [2.45, 2.75) is 118 Å². The first-order valence-electron chi connectivity index (χ1n) is 14.7. The molecule has 3 fully saturated rings. The minimum absolute atomic E-state index is 0. The molecule has 0 amide bonds. The van der Waals surface area contributed by atoms with Crippen LogP contribution in [0.15, 0.2) is 11.6 Å². The molecule has 3 saturated carbocycles. The molecule has 4 aliphatic rings. The van der Waals surface area contributed by atoms with Gasteiger partial charge in [0.1, 0.15) is 6.10 Å². The Morgan fingerprint density at radius 1 is 1.05 bits per heavy atom. The first-order chi connectivity index (χ1) is 16.8. The van der Waals surface area contributed by atoms with Gasteiger partial charge in [-0.1, -0.05) is 73.1 Å². The molecule has 0 saturated heterocycles. The molecule has 0 aromatic heterocycles. The molecule has 0 aromatic rings. The average molecular weight is 599 g/mol. The summed E-state index contributed by atoms with van der Waals surface area (Å²) in [5, 5.41) is 0. The Kier molecular flexibility index (Phi) is 14.6. The number of hydrogen-bond donors (Lipinski definition) is 0. The van der Waals surface area contributed by atoms with E-state index in [1.54, 1.807) is 0 Å². The van der Waals surface area contributed by atoms with E-state index in [0.717, 1.165) is 55.3 Å². The van der Waals surface area contributed by atoms with Gasteiger partial charge in [0, 0.05) is 6.42 Å². The molecular weight excluding hydrogens is 549 g/mol. The Morgan fingerprint density at radius 3 is 2.42 bits per heavy atom. The second-order valence-electron chi connectivity index (χ2n) is 13.7. The van der Waals surface area contributed by atoms with Crippen molar-refractivity contribution in [2.24, 2.45) is 46.3 Å². The van der Waals surface area contributed by atoms with Gasteiger partial charge >= 0.3 is 109 Å². The number of allylic oxidation sites excluding steroid dienone is 1. The molecule has 0 radical (unpaired) electrons. The van der Waals surface area contributed by atoms with Crippen molar-refractivity contribution in [3.63, 3.8) is 0 Å². The van der Waals surface area contributed by atoms with Crippen LogP contribution in [-0.4, -0.2) is 18.2 Å². The molecule has 206 valence electrons. The number of carbonyl (C=O) groups excluding carboxylic acids is 1. The van der Waals surface area contributed by atoms with Crippen molar-refractivity contribution < 1.29 is 127 Å². The zero-order valence-corrected chi connectivity index (χ0v) is 32.4. The van der Waals surface area contributed by atoms with E-state index in [2.05, 4.69) is 40.7 Å². The van der Waals surface area contributed by atoms with Crippen LogP contribution in [0, 0.1) is 46.3 Å². The molecule has 0 N–H and O–H groups in total. The summed E-state index contributed by atoms with van der Waals surface area (Å²) >= 11 is 0. The summed E-state index contributed by atoms with van der Waals surface area (Å²) in [5.41, 5.74) is 2.12. The van der Waals surface area contributed by atoms with Crippen molar-refractivity contribution in [1.29, 1.82) is 0 Å². The van der Waals surface area contributed by atoms with E-state index in [9.17, 15) is 19.1 Å². The third-order valence-corrected chi connectivity index (χ3v) is 11.9. The summed E-state index contributed by atoms with van der Waals surface area (Å²) in [6.45, 7) is 12.3. The molecule has 4 rings (SSSR count). The summed E-state index contributed by atoms with van der Waals surface area (Å²) in [6, 6.07) is 0. The Hall–Kier alpha value is 2.63. The van der Waals surface area contributed by atoms with Gasteiger partial charge in [0.25, 0.3) is 0 Å². The van der Waals surface area contributed by atoms with Gasteiger partial charge < -0.3 is 19.1 Å². The Labute approximate surface area is 317 Å². The number of rotatable bonds is 9. The molecule has 0 spiro atoms. The number of esters is 1. The van der Waals surface area contributed by atoms with E-state index in [4.69, 9.17) is 4.74 Å². The molecule has 8 atom stereocenters. The van der Waals surface area contributed by atoms with Gasteiger partial charge in [-0.05, 0) is 97.4 Å². The van der Waals surface area contributed by atoms with Crippen molar-refractivity contribution in [3.05, 3.63) is 11.6 Å². The number of hydrogen-bond acceptors (Lipinski definition) is 5. The van der Waals surface area contributed by atoms with Crippen LogP contribution in [0.1, 0.15) is 112 Å². The predicted octanol–water partition coefficient (Wildman–Crippen LogP) is 0.251. The van der Waals surface area contributed by atoms with Crippen LogP contribution in [0.25, 0.3) is 0 Å². The normalized spacial score (nSPS) is 37.1. The van der Waals surface area contributed by atoms with Crippen LogP contribution in [0.5, 0.6) is 0 Å². The van der Waals surface area contributed by atoms with Crippen molar-refractivity contribution >= 4 is 13.6 Å². The van der Waals surface area contributed by atoms with Gasteiger partial charge in [-0.3, -0.25) is 4.79 Å². The first-order valence-corrected chi connectivity index (χ1v) is 16.5. The van der Waals surface area contributed by atoms with Crippen LogP contribution in [0.2, 0.25) is 0 Å². The largest absolute Gasteiger partial charge is 1.00 e. The topological polar surface area (TPSA) is 89.5 Å². The van der Waals surface area contributed by atoms with E-state index in [1.165, 1.54) is 50.5 Å². The molecule has 0 heterocycles. The quantitative estimate of drug-likeness (QED) is 0.164. The molecule has 5 nitrogen and oxygen atoms in total. The molecule has 38 heavy (non-hydrogen) atoms. The maximum atomic E-state index is 12.1. The van der Waals surface area contributed by atoms with Gasteiger partial charge in [0.05, 0.1) is 6.42 Å². The smallest absolute Gasteiger partial charge is 0.811 e. The standard InChI is InChI=1S/C30H51O5P.2K/c1-20(2)7-6-8-21(3)25-11-12-26-24-10-9-22-19-23(35-28(31)15-18-36(32,33)34)13-16-29(22,4)27(24)14-17-30(25,26)5;;/h9,20-21,23-27H,6-8,10-19H2,1-5H3,(H2,32,33,34);;/q;2*+1/p-2/t21-,23+,24+,25-,26+,27+,29+,30-;;/m1../s1. The van der Waals surface area contributed by atoms with E-state index in [-0.39, 0.29) is 121 Å². The third kappa shape index (κ3) is 8.42. The van der Waals surface area contributed by atoms with Crippen LogP contribution in [0.4, 0.5) is 0 Å². The van der Waals surface area contributed by atoms with E-state index in [0.29, 0.717) is 11.3 Å². The second kappa shape index (κ2) is 15.1. The Bertz CT molecular complexity index is 888. The summed E-state index contributed by atoms with van der Waals surface area (Å²) in [7, 11) is -4.67. The van der Waals surface area contributed by atoms with E-state index in [1.807, 2.05) is 0 Å². The zero-order chi connectivity index (χ0) is 26.3. The molecule has 8 heteroatoms.